The van der Waals surface area contributed by atoms with Gasteiger partial charge in [0, 0.05) is 35.6 Å². The van der Waals surface area contributed by atoms with Crippen molar-refractivity contribution in [2.45, 2.75) is 40.0 Å². The van der Waals surface area contributed by atoms with Gasteiger partial charge in [0.05, 0.1) is 18.2 Å². The van der Waals surface area contributed by atoms with Crippen LogP contribution in [-0.4, -0.2) is 43.5 Å². The van der Waals surface area contributed by atoms with E-state index in [4.69, 9.17) is 4.74 Å². The SMILES string of the molecule is C1CCNC1.CC.COc1ccc2c(c1)/C(=C/c1[nH]c3c(c1C)C(=O)NCC3)C(=O)N2. The zero-order valence-corrected chi connectivity index (χ0v) is 18.8. The lowest BCUT2D eigenvalue weighted by Gasteiger charge is -2.12. The monoisotopic (exact) mass is 424 g/mol. The fourth-order valence-electron chi connectivity index (χ4n) is 3.92. The van der Waals surface area contributed by atoms with Crippen LogP contribution < -0.4 is 20.7 Å². The Morgan fingerprint density at radius 2 is 1.77 bits per heavy atom. The van der Waals surface area contributed by atoms with Crippen LogP contribution in [0.4, 0.5) is 5.69 Å². The van der Waals surface area contributed by atoms with Crippen LogP contribution in [0.2, 0.25) is 0 Å². The van der Waals surface area contributed by atoms with Crippen molar-refractivity contribution in [3.05, 3.63) is 46.3 Å². The summed E-state index contributed by atoms with van der Waals surface area (Å²) in [6.45, 7) is 9.02. The third-order valence-corrected chi connectivity index (χ3v) is 5.51. The first-order valence-electron chi connectivity index (χ1n) is 11.0. The van der Waals surface area contributed by atoms with Crippen LogP contribution in [0, 0.1) is 6.92 Å². The van der Waals surface area contributed by atoms with Crippen LogP contribution in [-0.2, 0) is 11.2 Å². The second-order valence-electron chi connectivity index (χ2n) is 7.40. The highest BCUT2D eigenvalue weighted by Crippen LogP contribution is 2.36. The Hall–Kier alpha value is -3.06. The summed E-state index contributed by atoms with van der Waals surface area (Å²) in [6.07, 6.45) is 5.35. The van der Waals surface area contributed by atoms with Gasteiger partial charge in [-0.3, -0.25) is 9.59 Å². The van der Waals surface area contributed by atoms with Crippen molar-refractivity contribution in [1.29, 1.82) is 0 Å². The van der Waals surface area contributed by atoms with Gasteiger partial charge in [0.15, 0.2) is 0 Å². The molecule has 7 heteroatoms. The number of ether oxygens (including phenoxy) is 1. The van der Waals surface area contributed by atoms with Crippen molar-refractivity contribution in [2.24, 2.45) is 0 Å². The Bertz CT molecular complexity index is 979. The number of anilines is 1. The number of carbonyl (C=O) groups excluding carboxylic acids is 2. The highest BCUT2D eigenvalue weighted by atomic mass is 16.5. The standard InChI is InChI=1S/C18H17N3O3.C4H9N.C2H6/c1-9-15(20-14-5-6-19-18(23)16(9)14)8-12-11-7-10(24-2)3-4-13(11)21-17(12)22;1-2-4-5-3-1;1-2/h3-4,7-8,20H,5-6H2,1-2H3,(H,19,23)(H,21,22);5H,1-4H2;1-2H3/b12-8-;;. The molecule has 3 aliphatic rings. The van der Waals surface area contributed by atoms with Gasteiger partial charge in [0.2, 0.25) is 0 Å². The number of H-pyrrole nitrogens is 1. The second kappa shape index (κ2) is 10.3. The van der Waals surface area contributed by atoms with E-state index in [9.17, 15) is 9.59 Å². The highest BCUT2D eigenvalue weighted by Gasteiger charge is 2.27. The number of rotatable bonds is 2. The largest absolute Gasteiger partial charge is 0.497 e. The van der Waals surface area contributed by atoms with Crippen LogP contribution >= 0.6 is 0 Å². The predicted octanol–water partition coefficient (Wildman–Crippen LogP) is 3.51. The average Bonchev–Trinajstić information content (AvgIpc) is 3.52. The summed E-state index contributed by atoms with van der Waals surface area (Å²) in [5.41, 5.74) is 5.39. The maximum atomic E-state index is 12.3. The van der Waals surface area contributed by atoms with E-state index in [0.717, 1.165) is 34.6 Å². The first kappa shape index (κ1) is 22.6. The number of nitrogens with one attached hydrogen (secondary N) is 4. The van der Waals surface area contributed by atoms with Crippen LogP contribution in [0.25, 0.3) is 11.6 Å². The van der Waals surface area contributed by atoms with Crippen molar-refractivity contribution in [1.82, 2.24) is 15.6 Å². The molecule has 1 fully saturated rings. The quantitative estimate of drug-likeness (QED) is 0.555. The Kier molecular flexibility index (Phi) is 7.52. The molecule has 0 bridgehead atoms. The molecule has 166 valence electrons. The lowest BCUT2D eigenvalue weighted by molar-refractivity contribution is -0.110. The first-order chi connectivity index (χ1) is 15.1. The molecule has 4 heterocycles. The number of hydrogen-bond donors (Lipinski definition) is 4. The second-order valence-corrected chi connectivity index (χ2v) is 7.40. The fourth-order valence-corrected chi connectivity index (χ4v) is 3.92. The summed E-state index contributed by atoms with van der Waals surface area (Å²) >= 11 is 0. The molecule has 0 saturated carbocycles. The van der Waals surface area contributed by atoms with Gasteiger partial charge in [-0.15, -0.1) is 0 Å². The van der Waals surface area contributed by atoms with Gasteiger partial charge < -0.3 is 25.7 Å². The molecule has 2 amide bonds. The number of fused-ring (bicyclic) bond motifs is 2. The van der Waals surface area contributed by atoms with E-state index in [0.29, 0.717) is 23.4 Å². The van der Waals surface area contributed by atoms with Crippen molar-refractivity contribution in [3.63, 3.8) is 0 Å². The van der Waals surface area contributed by atoms with Gasteiger partial charge in [-0.1, -0.05) is 13.8 Å². The third kappa shape index (κ3) is 4.82. The Balaban J connectivity index is 0.000000337. The van der Waals surface area contributed by atoms with Gasteiger partial charge in [-0.05, 0) is 62.7 Å². The minimum absolute atomic E-state index is 0.0624. The average molecular weight is 425 g/mol. The van der Waals surface area contributed by atoms with Crippen LogP contribution in [0.5, 0.6) is 5.75 Å². The fraction of sp³-hybridized carbons (Fsp3) is 0.417. The smallest absolute Gasteiger partial charge is 0.256 e. The van der Waals surface area contributed by atoms with E-state index in [-0.39, 0.29) is 11.8 Å². The number of aromatic nitrogens is 1. The van der Waals surface area contributed by atoms with E-state index in [1.54, 1.807) is 7.11 Å². The summed E-state index contributed by atoms with van der Waals surface area (Å²) in [5.74, 6) is 0.472. The van der Waals surface area contributed by atoms with E-state index in [2.05, 4.69) is 20.9 Å². The van der Waals surface area contributed by atoms with Crippen LogP contribution in [0.1, 0.15) is 59.6 Å². The summed E-state index contributed by atoms with van der Waals surface area (Å²) < 4.78 is 5.25. The molecule has 4 N–H and O–H groups in total. The van der Waals surface area contributed by atoms with E-state index in [1.807, 2.05) is 45.0 Å². The zero-order valence-electron chi connectivity index (χ0n) is 18.8. The van der Waals surface area contributed by atoms with Crippen molar-refractivity contribution >= 4 is 29.2 Å². The number of aromatic amines is 1. The Labute approximate surface area is 183 Å². The van der Waals surface area contributed by atoms with Crippen molar-refractivity contribution < 1.29 is 14.3 Å². The maximum absolute atomic E-state index is 12.3. The van der Waals surface area contributed by atoms with Gasteiger partial charge in [0.1, 0.15) is 5.75 Å². The van der Waals surface area contributed by atoms with Gasteiger partial charge >= 0.3 is 0 Å². The molecule has 0 radical (unpaired) electrons. The summed E-state index contributed by atoms with van der Waals surface area (Å²) in [6, 6.07) is 5.47. The van der Waals surface area contributed by atoms with E-state index < -0.39 is 0 Å². The van der Waals surface area contributed by atoms with Gasteiger partial charge in [-0.2, -0.15) is 0 Å². The molecule has 2 aromatic rings. The molecular weight excluding hydrogens is 392 g/mol. The van der Waals surface area contributed by atoms with E-state index in [1.165, 1.54) is 25.9 Å². The van der Waals surface area contributed by atoms with E-state index >= 15 is 0 Å². The number of methoxy groups -OCH3 is 1. The molecule has 7 nitrogen and oxygen atoms in total. The molecular formula is C24H32N4O3. The summed E-state index contributed by atoms with van der Waals surface area (Å²) in [7, 11) is 1.59. The predicted molar refractivity (Wildman–Crippen MR) is 125 cm³/mol. The van der Waals surface area contributed by atoms with Crippen molar-refractivity contribution in [2.75, 3.05) is 32.1 Å². The number of amides is 2. The topological polar surface area (TPSA) is 95.2 Å². The third-order valence-electron chi connectivity index (χ3n) is 5.51. The zero-order chi connectivity index (χ0) is 22.4. The summed E-state index contributed by atoms with van der Waals surface area (Å²) in [5, 5.41) is 8.93. The summed E-state index contributed by atoms with van der Waals surface area (Å²) in [4.78, 5) is 27.7. The number of hydrogen-bond acceptors (Lipinski definition) is 4. The molecule has 5 rings (SSSR count). The molecule has 1 saturated heterocycles. The highest BCUT2D eigenvalue weighted by molar-refractivity contribution is 6.35. The molecule has 0 aliphatic carbocycles. The van der Waals surface area contributed by atoms with Gasteiger partial charge in [-0.25, -0.2) is 0 Å². The van der Waals surface area contributed by atoms with Crippen LogP contribution in [0.15, 0.2) is 18.2 Å². The minimum atomic E-state index is -0.158. The normalized spacial score (nSPS) is 17.5. The maximum Gasteiger partial charge on any atom is 0.256 e. The molecule has 1 aromatic carbocycles. The van der Waals surface area contributed by atoms with Gasteiger partial charge in [0.25, 0.3) is 11.8 Å². The lowest BCUT2D eigenvalue weighted by Crippen LogP contribution is -2.31. The van der Waals surface area contributed by atoms with Crippen LogP contribution in [0.3, 0.4) is 0 Å². The molecule has 1 aromatic heterocycles. The van der Waals surface area contributed by atoms with Crippen molar-refractivity contribution in [3.8, 4) is 5.75 Å². The molecule has 0 spiro atoms. The Morgan fingerprint density at radius 3 is 2.39 bits per heavy atom. The number of carbonyl (C=O) groups is 2. The first-order valence-corrected chi connectivity index (χ1v) is 11.0. The number of benzene rings is 1. The molecule has 3 aliphatic heterocycles. The Morgan fingerprint density at radius 1 is 1.03 bits per heavy atom. The minimum Gasteiger partial charge on any atom is -0.497 e. The molecule has 0 atom stereocenters. The molecule has 31 heavy (non-hydrogen) atoms. The molecule has 0 unspecified atom stereocenters. The lowest BCUT2D eigenvalue weighted by atomic mass is 10.0.